The van der Waals surface area contributed by atoms with Gasteiger partial charge in [0.15, 0.2) is 5.82 Å². The number of nitrogens with two attached hydrogens (primary N) is 1. The third-order valence-corrected chi connectivity index (χ3v) is 4.72. The molecule has 144 valence electrons. The number of nitriles is 2. The lowest BCUT2D eigenvalue weighted by atomic mass is 10.1. The number of benzene rings is 1. The third-order valence-electron chi connectivity index (χ3n) is 4.40. The monoisotopic (exact) mass is 414 g/mol. The minimum Gasteiger partial charge on any atom is -0.382 e. The van der Waals surface area contributed by atoms with E-state index in [0.717, 1.165) is 0 Å². The van der Waals surface area contributed by atoms with Gasteiger partial charge < -0.3 is 11.1 Å². The average Bonchev–Trinajstić information content (AvgIpc) is 2.75. The number of hydrogen-bond donors (Lipinski definition) is 2. The number of hydrogen-bond acceptors (Lipinski definition) is 8. The van der Waals surface area contributed by atoms with Crippen LogP contribution in [0.25, 0.3) is 16.5 Å². The zero-order valence-electron chi connectivity index (χ0n) is 15.2. The van der Waals surface area contributed by atoms with E-state index in [1.807, 2.05) is 6.07 Å². The van der Waals surface area contributed by atoms with Crippen molar-refractivity contribution in [2.24, 2.45) is 0 Å². The zero-order valence-corrected chi connectivity index (χ0v) is 15.9. The standard InChI is InChI=1S/C20H11ClN8O/c21-15-5-1-4-12-13(7-22)19(28-18-14(8-23)17(24)26-10-27-18)29(20(30)16(12)15)11-3-2-6-25-9-11/h1-6,9-10H,(H3,24,26,27,28). The van der Waals surface area contributed by atoms with Crippen molar-refractivity contribution in [2.45, 2.75) is 0 Å². The molecule has 0 atom stereocenters. The number of aromatic nitrogens is 4. The SMILES string of the molecule is N#Cc1c(N)ncnc1Nc1c(C#N)c2cccc(Cl)c2c(=O)n1-c1cccnc1. The first-order chi connectivity index (χ1) is 14.6. The van der Waals surface area contributed by atoms with Crippen LogP contribution < -0.4 is 16.6 Å². The molecule has 3 heterocycles. The Balaban J connectivity index is 2.14. The highest BCUT2D eigenvalue weighted by Gasteiger charge is 2.21. The van der Waals surface area contributed by atoms with Gasteiger partial charge in [-0.3, -0.25) is 14.3 Å². The van der Waals surface area contributed by atoms with Crippen LogP contribution in [0.2, 0.25) is 5.02 Å². The van der Waals surface area contributed by atoms with Gasteiger partial charge in [-0.05, 0) is 18.2 Å². The lowest BCUT2D eigenvalue weighted by Gasteiger charge is -2.18. The van der Waals surface area contributed by atoms with Crippen LogP contribution in [0.4, 0.5) is 17.5 Å². The number of nitrogens with zero attached hydrogens (tertiary/aromatic N) is 6. The Bertz CT molecular complexity index is 1430. The van der Waals surface area contributed by atoms with Crippen molar-refractivity contribution in [1.29, 1.82) is 10.5 Å². The van der Waals surface area contributed by atoms with Crippen molar-refractivity contribution in [2.75, 3.05) is 11.1 Å². The number of nitrogen functional groups attached to an aromatic ring is 1. The minimum absolute atomic E-state index is 0.0160. The Morgan fingerprint density at radius 1 is 1.10 bits per heavy atom. The maximum absolute atomic E-state index is 13.4. The molecule has 0 bridgehead atoms. The average molecular weight is 415 g/mol. The van der Waals surface area contributed by atoms with Gasteiger partial charge in [0, 0.05) is 11.6 Å². The van der Waals surface area contributed by atoms with Crippen LogP contribution in [0.15, 0.2) is 53.8 Å². The maximum atomic E-state index is 13.4. The number of pyridine rings is 2. The predicted molar refractivity (Wildman–Crippen MR) is 112 cm³/mol. The lowest BCUT2D eigenvalue weighted by molar-refractivity contribution is 0.993. The fraction of sp³-hybridized carbons (Fsp3) is 0. The van der Waals surface area contributed by atoms with Crippen molar-refractivity contribution in [3.63, 3.8) is 0 Å². The fourth-order valence-corrected chi connectivity index (χ4v) is 3.34. The molecule has 10 heteroatoms. The van der Waals surface area contributed by atoms with Crippen LogP contribution in [0.3, 0.4) is 0 Å². The second-order valence-corrected chi connectivity index (χ2v) is 6.48. The van der Waals surface area contributed by atoms with Crippen LogP contribution in [0, 0.1) is 22.7 Å². The number of anilines is 3. The molecule has 0 amide bonds. The lowest BCUT2D eigenvalue weighted by Crippen LogP contribution is -2.23. The van der Waals surface area contributed by atoms with Gasteiger partial charge >= 0.3 is 0 Å². The predicted octanol–water partition coefficient (Wildman–Crippen LogP) is 2.90. The van der Waals surface area contributed by atoms with E-state index in [9.17, 15) is 15.3 Å². The number of nitrogens with one attached hydrogen (secondary N) is 1. The highest BCUT2D eigenvalue weighted by molar-refractivity contribution is 6.35. The smallest absolute Gasteiger partial charge is 0.266 e. The fourth-order valence-electron chi connectivity index (χ4n) is 3.08. The van der Waals surface area contributed by atoms with Crippen LogP contribution in [0.1, 0.15) is 11.1 Å². The number of halogens is 1. The quantitative estimate of drug-likeness (QED) is 0.520. The second kappa shape index (κ2) is 7.51. The molecule has 0 unspecified atom stereocenters. The van der Waals surface area contributed by atoms with Crippen LogP contribution >= 0.6 is 11.6 Å². The van der Waals surface area contributed by atoms with Gasteiger partial charge in [-0.25, -0.2) is 9.97 Å². The molecule has 0 spiro atoms. The number of fused-ring (bicyclic) bond motifs is 1. The highest BCUT2D eigenvalue weighted by Crippen LogP contribution is 2.31. The summed E-state index contributed by atoms with van der Waals surface area (Å²) in [6.45, 7) is 0. The molecule has 1 aromatic carbocycles. The van der Waals surface area contributed by atoms with Crippen LogP contribution in [-0.2, 0) is 0 Å². The van der Waals surface area contributed by atoms with Gasteiger partial charge in [-0.1, -0.05) is 23.7 Å². The van der Waals surface area contributed by atoms with Gasteiger partial charge in [0.1, 0.15) is 41.2 Å². The van der Waals surface area contributed by atoms with E-state index in [4.69, 9.17) is 17.3 Å². The molecular formula is C20H11ClN8O. The van der Waals surface area contributed by atoms with Crippen LogP contribution in [-0.4, -0.2) is 19.5 Å². The van der Waals surface area contributed by atoms with E-state index in [0.29, 0.717) is 11.1 Å². The first-order valence-corrected chi connectivity index (χ1v) is 8.90. The van der Waals surface area contributed by atoms with Gasteiger partial charge in [0.2, 0.25) is 0 Å². The van der Waals surface area contributed by atoms with E-state index < -0.39 is 5.56 Å². The molecular weight excluding hydrogens is 404 g/mol. The third kappa shape index (κ3) is 2.96. The van der Waals surface area contributed by atoms with Crippen LogP contribution in [0.5, 0.6) is 0 Å². The summed E-state index contributed by atoms with van der Waals surface area (Å²) in [6.07, 6.45) is 4.20. The molecule has 0 aliphatic carbocycles. The second-order valence-electron chi connectivity index (χ2n) is 6.07. The summed E-state index contributed by atoms with van der Waals surface area (Å²) in [7, 11) is 0. The maximum Gasteiger partial charge on any atom is 0.266 e. The first kappa shape index (κ1) is 18.9. The van der Waals surface area contributed by atoms with E-state index in [1.165, 1.54) is 17.1 Å². The molecule has 0 saturated heterocycles. The van der Waals surface area contributed by atoms with Gasteiger partial charge in [0.25, 0.3) is 5.56 Å². The molecule has 3 aromatic heterocycles. The Morgan fingerprint density at radius 2 is 1.90 bits per heavy atom. The molecule has 4 aromatic rings. The largest absolute Gasteiger partial charge is 0.382 e. The highest BCUT2D eigenvalue weighted by atomic mass is 35.5. The molecule has 3 N–H and O–H groups in total. The minimum atomic E-state index is -0.467. The summed E-state index contributed by atoms with van der Waals surface area (Å²) in [6, 6.07) is 12.2. The van der Waals surface area contributed by atoms with Crippen molar-refractivity contribution in [3.05, 3.63) is 75.6 Å². The summed E-state index contributed by atoms with van der Waals surface area (Å²) in [5.41, 5.74) is 5.82. The summed E-state index contributed by atoms with van der Waals surface area (Å²) in [5.74, 6) is 0.118. The van der Waals surface area contributed by atoms with Gasteiger partial charge in [-0.15, -0.1) is 0 Å². The summed E-state index contributed by atoms with van der Waals surface area (Å²) >= 11 is 6.29. The molecule has 0 aliphatic heterocycles. The molecule has 0 fully saturated rings. The molecule has 30 heavy (non-hydrogen) atoms. The Kier molecular flexibility index (Phi) is 4.72. The zero-order chi connectivity index (χ0) is 21.3. The summed E-state index contributed by atoms with van der Waals surface area (Å²) in [4.78, 5) is 25.3. The van der Waals surface area contributed by atoms with E-state index >= 15 is 0 Å². The molecule has 0 aliphatic rings. The number of rotatable bonds is 3. The van der Waals surface area contributed by atoms with Crippen molar-refractivity contribution in [3.8, 4) is 17.8 Å². The van der Waals surface area contributed by atoms with Gasteiger partial charge in [-0.2, -0.15) is 10.5 Å². The Hall–Kier alpha value is -4.47. The van der Waals surface area contributed by atoms with E-state index in [2.05, 4.69) is 26.3 Å². The summed E-state index contributed by atoms with van der Waals surface area (Å²) < 4.78 is 1.26. The van der Waals surface area contributed by atoms with Gasteiger partial charge in [0.05, 0.1) is 22.3 Å². The van der Waals surface area contributed by atoms with E-state index in [1.54, 1.807) is 36.5 Å². The molecule has 9 nitrogen and oxygen atoms in total. The first-order valence-electron chi connectivity index (χ1n) is 8.52. The normalized spacial score (nSPS) is 10.4. The summed E-state index contributed by atoms with van der Waals surface area (Å²) in [5, 5.41) is 23.1. The molecule has 0 saturated carbocycles. The van der Waals surface area contributed by atoms with Crippen molar-refractivity contribution >= 4 is 39.8 Å². The van der Waals surface area contributed by atoms with Crippen molar-refractivity contribution < 1.29 is 0 Å². The Labute approximate surface area is 174 Å². The Morgan fingerprint density at radius 3 is 2.60 bits per heavy atom. The van der Waals surface area contributed by atoms with Crippen molar-refractivity contribution in [1.82, 2.24) is 19.5 Å². The molecule has 0 radical (unpaired) electrons. The topological polar surface area (TPSA) is 146 Å². The van der Waals surface area contributed by atoms with E-state index in [-0.39, 0.29) is 39.0 Å². The molecule has 4 rings (SSSR count).